The highest BCUT2D eigenvalue weighted by atomic mass is 16.5. The zero-order valence-electron chi connectivity index (χ0n) is 14.3. The van der Waals surface area contributed by atoms with Crippen LogP contribution in [-0.2, 0) is 9.53 Å². The second-order valence-electron chi connectivity index (χ2n) is 5.49. The Morgan fingerprint density at radius 3 is 2.74 bits per heavy atom. The predicted molar refractivity (Wildman–Crippen MR) is 90.8 cm³/mol. The first-order valence-electron chi connectivity index (χ1n) is 7.50. The quantitative estimate of drug-likeness (QED) is 0.656. The molecule has 1 amide bonds. The summed E-state index contributed by atoms with van der Waals surface area (Å²) in [7, 11) is 3.22. The molecule has 1 aromatic carbocycles. The fraction of sp³-hybridized carbons (Fsp3) is 0.389. The Labute approximate surface area is 136 Å². The maximum Gasteiger partial charge on any atom is 0.244 e. The fourth-order valence-electron chi connectivity index (χ4n) is 2.60. The molecule has 0 atom stereocenters. The smallest absolute Gasteiger partial charge is 0.244 e. The lowest BCUT2D eigenvalue weighted by Crippen LogP contribution is -2.25. The van der Waals surface area contributed by atoms with Crippen molar-refractivity contribution < 1.29 is 18.7 Å². The third-order valence-corrected chi connectivity index (χ3v) is 3.82. The lowest BCUT2D eigenvalue weighted by molar-refractivity contribution is -0.116. The van der Waals surface area contributed by atoms with Crippen LogP contribution in [0.25, 0.3) is 16.5 Å². The van der Waals surface area contributed by atoms with E-state index < -0.39 is 0 Å². The number of hydrogen-bond acceptors (Lipinski definition) is 4. The SMILES string of the molecule is COCCNC(=O)/C=C(\C)c1cc2c(C)coc2c(C)c1OC. The van der Waals surface area contributed by atoms with Crippen LogP contribution >= 0.6 is 0 Å². The van der Waals surface area contributed by atoms with E-state index >= 15 is 0 Å². The largest absolute Gasteiger partial charge is 0.496 e. The van der Waals surface area contributed by atoms with Crippen LogP contribution in [0.3, 0.4) is 0 Å². The molecule has 23 heavy (non-hydrogen) atoms. The zero-order valence-corrected chi connectivity index (χ0v) is 14.3. The average Bonchev–Trinajstić information content (AvgIpc) is 2.89. The molecule has 1 N–H and O–H groups in total. The summed E-state index contributed by atoms with van der Waals surface area (Å²) in [6, 6.07) is 2.01. The third-order valence-electron chi connectivity index (χ3n) is 3.82. The monoisotopic (exact) mass is 317 g/mol. The summed E-state index contributed by atoms with van der Waals surface area (Å²) in [5.74, 6) is 0.577. The predicted octanol–water partition coefficient (Wildman–Crippen LogP) is 3.22. The van der Waals surface area contributed by atoms with E-state index in [2.05, 4.69) is 5.32 Å². The van der Waals surface area contributed by atoms with Gasteiger partial charge in [-0.3, -0.25) is 4.79 Å². The molecule has 0 aliphatic heterocycles. The molecule has 0 saturated heterocycles. The summed E-state index contributed by atoms with van der Waals surface area (Å²) in [5.41, 5.74) is 4.54. The second kappa shape index (κ2) is 7.33. The normalized spacial score (nSPS) is 11.8. The van der Waals surface area contributed by atoms with Gasteiger partial charge in [-0.25, -0.2) is 0 Å². The molecule has 5 heteroatoms. The summed E-state index contributed by atoms with van der Waals surface area (Å²) in [6.45, 7) is 6.82. The van der Waals surface area contributed by atoms with Crippen molar-refractivity contribution >= 4 is 22.4 Å². The minimum atomic E-state index is -0.150. The highest BCUT2D eigenvalue weighted by Crippen LogP contribution is 2.37. The lowest BCUT2D eigenvalue weighted by atomic mass is 9.98. The number of fused-ring (bicyclic) bond motifs is 1. The Bertz CT molecular complexity index is 743. The molecule has 0 aliphatic rings. The van der Waals surface area contributed by atoms with Crippen LogP contribution in [0.1, 0.15) is 23.6 Å². The van der Waals surface area contributed by atoms with Crippen LogP contribution in [0.15, 0.2) is 22.8 Å². The average molecular weight is 317 g/mol. The molecule has 0 aliphatic carbocycles. The molecule has 124 valence electrons. The topological polar surface area (TPSA) is 60.7 Å². The van der Waals surface area contributed by atoms with Gasteiger partial charge in [0.05, 0.1) is 20.0 Å². The van der Waals surface area contributed by atoms with Gasteiger partial charge in [0.1, 0.15) is 11.3 Å². The van der Waals surface area contributed by atoms with Crippen LogP contribution in [0.5, 0.6) is 5.75 Å². The molecule has 0 radical (unpaired) electrons. The first-order valence-corrected chi connectivity index (χ1v) is 7.50. The minimum Gasteiger partial charge on any atom is -0.496 e. The number of methoxy groups -OCH3 is 2. The summed E-state index contributed by atoms with van der Waals surface area (Å²) in [4.78, 5) is 12.0. The minimum absolute atomic E-state index is 0.150. The van der Waals surface area contributed by atoms with Crippen molar-refractivity contribution in [1.82, 2.24) is 5.32 Å². The van der Waals surface area contributed by atoms with Gasteiger partial charge in [0, 0.05) is 36.2 Å². The molecule has 5 nitrogen and oxygen atoms in total. The van der Waals surface area contributed by atoms with Crippen molar-refractivity contribution in [1.29, 1.82) is 0 Å². The van der Waals surface area contributed by atoms with E-state index in [9.17, 15) is 4.79 Å². The Morgan fingerprint density at radius 2 is 2.09 bits per heavy atom. The van der Waals surface area contributed by atoms with Crippen LogP contribution < -0.4 is 10.1 Å². The number of rotatable bonds is 6. The Balaban J connectivity index is 2.41. The number of aryl methyl sites for hydroxylation is 2. The van der Waals surface area contributed by atoms with Crippen molar-refractivity contribution in [3.05, 3.63) is 35.1 Å². The van der Waals surface area contributed by atoms with E-state index in [1.54, 1.807) is 26.6 Å². The first-order chi connectivity index (χ1) is 11.0. The number of allylic oxidation sites excluding steroid dienone is 1. The molecular formula is C18H23NO4. The molecule has 1 aromatic heterocycles. The Hall–Kier alpha value is -2.27. The first kappa shape index (κ1) is 17.1. The summed E-state index contributed by atoms with van der Waals surface area (Å²) >= 11 is 0. The number of benzene rings is 1. The molecular weight excluding hydrogens is 294 g/mol. The summed E-state index contributed by atoms with van der Waals surface area (Å²) < 4.78 is 16.1. The van der Waals surface area contributed by atoms with Gasteiger partial charge in [-0.05, 0) is 38.0 Å². The lowest BCUT2D eigenvalue weighted by Gasteiger charge is -2.13. The van der Waals surface area contributed by atoms with Crippen molar-refractivity contribution in [3.63, 3.8) is 0 Å². The van der Waals surface area contributed by atoms with Crippen LogP contribution in [0.4, 0.5) is 0 Å². The molecule has 1 heterocycles. The van der Waals surface area contributed by atoms with E-state index in [4.69, 9.17) is 13.9 Å². The molecule has 0 unspecified atom stereocenters. The fourth-order valence-corrected chi connectivity index (χ4v) is 2.60. The number of amides is 1. The molecule has 2 aromatic rings. The van der Waals surface area contributed by atoms with Gasteiger partial charge in [-0.1, -0.05) is 0 Å². The third kappa shape index (κ3) is 3.56. The van der Waals surface area contributed by atoms with Crippen molar-refractivity contribution in [2.24, 2.45) is 0 Å². The van der Waals surface area contributed by atoms with E-state index in [-0.39, 0.29) is 5.91 Å². The van der Waals surface area contributed by atoms with Gasteiger partial charge >= 0.3 is 0 Å². The Morgan fingerprint density at radius 1 is 1.35 bits per heavy atom. The van der Waals surface area contributed by atoms with Gasteiger partial charge in [-0.15, -0.1) is 0 Å². The molecule has 0 bridgehead atoms. The maximum absolute atomic E-state index is 12.0. The molecule has 0 spiro atoms. The standard InChI is InChI=1S/C18H23NO4/c1-11(8-16(20)19-6-7-21-4)14-9-15-12(2)10-23-18(15)13(3)17(14)22-5/h8-10H,6-7H2,1-5H3,(H,19,20)/b11-8+. The van der Waals surface area contributed by atoms with Crippen molar-refractivity contribution in [2.45, 2.75) is 20.8 Å². The molecule has 2 rings (SSSR count). The van der Waals surface area contributed by atoms with Gasteiger partial charge in [-0.2, -0.15) is 0 Å². The van der Waals surface area contributed by atoms with Crippen molar-refractivity contribution in [3.8, 4) is 5.75 Å². The summed E-state index contributed by atoms with van der Waals surface area (Å²) in [5, 5.41) is 3.81. The zero-order chi connectivity index (χ0) is 17.0. The highest BCUT2D eigenvalue weighted by molar-refractivity contribution is 5.98. The number of furan rings is 1. The van der Waals surface area contributed by atoms with Gasteiger partial charge in [0.15, 0.2) is 0 Å². The maximum atomic E-state index is 12.0. The second-order valence-corrected chi connectivity index (χ2v) is 5.49. The Kier molecular flexibility index (Phi) is 5.45. The van der Waals surface area contributed by atoms with E-state index in [0.717, 1.165) is 39.0 Å². The van der Waals surface area contributed by atoms with Crippen molar-refractivity contribution in [2.75, 3.05) is 27.4 Å². The number of nitrogens with one attached hydrogen (secondary N) is 1. The van der Waals surface area contributed by atoms with Gasteiger partial charge < -0.3 is 19.2 Å². The van der Waals surface area contributed by atoms with E-state index in [1.807, 2.05) is 26.8 Å². The number of ether oxygens (including phenoxy) is 2. The summed E-state index contributed by atoms with van der Waals surface area (Å²) in [6.07, 6.45) is 3.31. The van der Waals surface area contributed by atoms with Gasteiger partial charge in [0.25, 0.3) is 0 Å². The van der Waals surface area contributed by atoms with Crippen LogP contribution in [0, 0.1) is 13.8 Å². The number of carbonyl (C=O) groups excluding carboxylic acids is 1. The van der Waals surface area contributed by atoms with E-state index in [0.29, 0.717) is 13.2 Å². The number of hydrogen-bond donors (Lipinski definition) is 1. The molecule has 0 saturated carbocycles. The van der Waals surface area contributed by atoms with Gasteiger partial charge in [0.2, 0.25) is 5.91 Å². The molecule has 0 fully saturated rings. The number of carbonyl (C=O) groups is 1. The van der Waals surface area contributed by atoms with Crippen LogP contribution in [-0.4, -0.2) is 33.3 Å². The van der Waals surface area contributed by atoms with Crippen LogP contribution in [0.2, 0.25) is 0 Å². The highest BCUT2D eigenvalue weighted by Gasteiger charge is 2.16. The van der Waals surface area contributed by atoms with E-state index in [1.165, 1.54) is 0 Å².